The lowest BCUT2D eigenvalue weighted by molar-refractivity contribution is -0.118. The van der Waals surface area contributed by atoms with E-state index in [1.807, 2.05) is 24.3 Å². The minimum atomic E-state index is 0.0269. The van der Waals surface area contributed by atoms with Crippen molar-refractivity contribution in [2.24, 2.45) is 0 Å². The number of halogens is 1. The number of thioether (sulfide) groups is 1. The predicted octanol–water partition coefficient (Wildman–Crippen LogP) is 2.34. The molecule has 0 aliphatic heterocycles. The van der Waals surface area contributed by atoms with Gasteiger partial charge in [-0.25, -0.2) is 0 Å². The first kappa shape index (κ1) is 14.4. The average molecular weight is 274 g/mol. The highest BCUT2D eigenvalue weighted by Gasteiger charge is 2.03. The van der Waals surface area contributed by atoms with E-state index >= 15 is 0 Å². The number of nitrogens with one attached hydrogen (secondary N) is 1. The van der Waals surface area contributed by atoms with Gasteiger partial charge in [0.2, 0.25) is 5.91 Å². The Morgan fingerprint density at radius 3 is 2.94 bits per heavy atom. The number of benzene rings is 1. The molecule has 94 valence electrons. The van der Waals surface area contributed by atoms with Gasteiger partial charge < -0.3 is 10.1 Å². The topological polar surface area (TPSA) is 38.3 Å². The zero-order valence-corrected chi connectivity index (χ0v) is 11.3. The molecule has 0 fully saturated rings. The van der Waals surface area contributed by atoms with E-state index in [1.165, 1.54) is 0 Å². The summed E-state index contributed by atoms with van der Waals surface area (Å²) in [4.78, 5) is 11.4. The van der Waals surface area contributed by atoms with Crippen molar-refractivity contribution in [2.75, 3.05) is 26.0 Å². The Bertz CT molecular complexity index is 360. The van der Waals surface area contributed by atoms with Crippen molar-refractivity contribution in [3.05, 3.63) is 34.9 Å². The van der Waals surface area contributed by atoms with Gasteiger partial charge in [-0.1, -0.05) is 29.8 Å². The number of carbonyl (C=O) groups is 1. The molecule has 0 spiro atoms. The first-order valence-electron chi connectivity index (χ1n) is 5.31. The Balaban J connectivity index is 2.19. The van der Waals surface area contributed by atoms with Gasteiger partial charge in [0.05, 0.1) is 12.4 Å². The standard InChI is InChI=1S/C12H16ClNO2S/c1-16-7-6-14-12(15)9-17-8-10-4-2-3-5-11(10)13/h2-5H,6-9H2,1H3,(H,14,15). The van der Waals surface area contributed by atoms with Gasteiger partial charge in [0, 0.05) is 24.4 Å². The summed E-state index contributed by atoms with van der Waals surface area (Å²) in [6.45, 7) is 1.10. The van der Waals surface area contributed by atoms with Gasteiger partial charge in [0.15, 0.2) is 0 Å². The molecule has 17 heavy (non-hydrogen) atoms. The smallest absolute Gasteiger partial charge is 0.230 e. The van der Waals surface area contributed by atoms with Gasteiger partial charge in [-0.3, -0.25) is 4.79 Å². The van der Waals surface area contributed by atoms with Crippen LogP contribution in [0, 0.1) is 0 Å². The van der Waals surface area contributed by atoms with Crippen LogP contribution in [0.1, 0.15) is 5.56 Å². The summed E-state index contributed by atoms with van der Waals surface area (Å²) in [6.07, 6.45) is 0. The fourth-order valence-electron chi connectivity index (χ4n) is 1.21. The molecule has 0 saturated heterocycles. The molecule has 5 heteroatoms. The summed E-state index contributed by atoms with van der Waals surface area (Å²) in [7, 11) is 1.61. The maximum atomic E-state index is 11.4. The second kappa shape index (κ2) is 8.39. The molecule has 3 nitrogen and oxygen atoms in total. The summed E-state index contributed by atoms with van der Waals surface area (Å²) >= 11 is 7.56. The monoisotopic (exact) mass is 273 g/mol. The van der Waals surface area contributed by atoms with Gasteiger partial charge in [0.1, 0.15) is 0 Å². The number of amides is 1. The molecule has 0 radical (unpaired) electrons. The van der Waals surface area contributed by atoms with Crippen LogP contribution < -0.4 is 5.32 Å². The predicted molar refractivity (Wildman–Crippen MR) is 72.5 cm³/mol. The van der Waals surface area contributed by atoms with Gasteiger partial charge >= 0.3 is 0 Å². The van der Waals surface area contributed by atoms with Crippen molar-refractivity contribution in [1.82, 2.24) is 5.32 Å². The summed E-state index contributed by atoms with van der Waals surface area (Å²) in [5, 5.41) is 3.52. The molecule has 0 aliphatic rings. The molecule has 0 heterocycles. The Labute approximate surface area is 111 Å². The number of methoxy groups -OCH3 is 1. The average Bonchev–Trinajstić information content (AvgIpc) is 2.32. The summed E-state index contributed by atoms with van der Waals surface area (Å²) < 4.78 is 4.84. The summed E-state index contributed by atoms with van der Waals surface area (Å²) in [5.74, 6) is 1.21. The van der Waals surface area contributed by atoms with Crippen LogP contribution in [0.4, 0.5) is 0 Å². The van der Waals surface area contributed by atoms with Crippen LogP contribution in [-0.4, -0.2) is 31.9 Å². The van der Waals surface area contributed by atoms with Crippen LogP contribution in [0.5, 0.6) is 0 Å². The third kappa shape index (κ3) is 5.96. The van der Waals surface area contributed by atoms with E-state index < -0.39 is 0 Å². The number of carbonyl (C=O) groups excluding carboxylic acids is 1. The van der Waals surface area contributed by atoms with E-state index in [1.54, 1.807) is 18.9 Å². The molecule has 0 unspecified atom stereocenters. The van der Waals surface area contributed by atoms with Gasteiger partial charge in [-0.05, 0) is 11.6 Å². The van der Waals surface area contributed by atoms with Crippen LogP contribution in [0.2, 0.25) is 5.02 Å². The van der Waals surface area contributed by atoms with Crippen molar-refractivity contribution in [3.8, 4) is 0 Å². The minimum Gasteiger partial charge on any atom is -0.383 e. The molecule has 1 N–H and O–H groups in total. The molecule has 0 atom stereocenters. The van der Waals surface area contributed by atoms with Gasteiger partial charge in [-0.15, -0.1) is 11.8 Å². The number of hydrogen-bond donors (Lipinski definition) is 1. The Kier molecular flexibility index (Phi) is 7.08. The second-order valence-corrected chi connectivity index (χ2v) is 4.82. The summed E-state index contributed by atoms with van der Waals surface area (Å²) in [5.41, 5.74) is 1.06. The Morgan fingerprint density at radius 1 is 1.47 bits per heavy atom. The third-order valence-electron chi connectivity index (χ3n) is 2.08. The third-order valence-corrected chi connectivity index (χ3v) is 3.43. The first-order valence-corrected chi connectivity index (χ1v) is 6.84. The van der Waals surface area contributed by atoms with Crippen molar-refractivity contribution >= 4 is 29.3 Å². The van der Waals surface area contributed by atoms with Crippen molar-refractivity contribution in [2.45, 2.75) is 5.75 Å². The highest BCUT2D eigenvalue weighted by molar-refractivity contribution is 7.99. The first-order chi connectivity index (χ1) is 8.24. The van der Waals surface area contributed by atoms with Crippen LogP contribution >= 0.6 is 23.4 Å². The number of hydrogen-bond acceptors (Lipinski definition) is 3. The molecular formula is C12H16ClNO2S. The van der Waals surface area contributed by atoms with E-state index in [9.17, 15) is 4.79 Å². The van der Waals surface area contributed by atoms with Gasteiger partial charge in [-0.2, -0.15) is 0 Å². The van der Waals surface area contributed by atoms with E-state index in [0.717, 1.165) is 16.3 Å². The lowest BCUT2D eigenvalue weighted by atomic mass is 10.2. The number of ether oxygens (including phenoxy) is 1. The highest BCUT2D eigenvalue weighted by Crippen LogP contribution is 2.20. The molecular weight excluding hydrogens is 258 g/mol. The quantitative estimate of drug-likeness (QED) is 0.775. The fourth-order valence-corrected chi connectivity index (χ4v) is 2.36. The lowest BCUT2D eigenvalue weighted by Crippen LogP contribution is -2.28. The Hall–Kier alpha value is -0.710. The molecule has 1 rings (SSSR count). The van der Waals surface area contributed by atoms with Crippen LogP contribution in [0.3, 0.4) is 0 Å². The Morgan fingerprint density at radius 2 is 2.24 bits per heavy atom. The maximum Gasteiger partial charge on any atom is 0.230 e. The zero-order chi connectivity index (χ0) is 12.5. The largest absolute Gasteiger partial charge is 0.383 e. The van der Waals surface area contributed by atoms with E-state index in [4.69, 9.17) is 16.3 Å². The fraction of sp³-hybridized carbons (Fsp3) is 0.417. The molecule has 0 bridgehead atoms. The van der Waals surface area contributed by atoms with E-state index in [2.05, 4.69) is 5.32 Å². The van der Waals surface area contributed by atoms with E-state index in [-0.39, 0.29) is 5.91 Å². The van der Waals surface area contributed by atoms with Crippen molar-refractivity contribution < 1.29 is 9.53 Å². The zero-order valence-electron chi connectivity index (χ0n) is 9.74. The second-order valence-electron chi connectivity index (χ2n) is 3.43. The molecule has 0 saturated carbocycles. The van der Waals surface area contributed by atoms with Crippen molar-refractivity contribution in [3.63, 3.8) is 0 Å². The van der Waals surface area contributed by atoms with Crippen molar-refractivity contribution in [1.29, 1.82) is 0 Å². The molecule has 1 aromatic rings. The van der Waals surface area contributed by atoms with Gasteiger partial charge in [0.25, 0.3) is 0 Å². The van der Waals surface area contributed by atoms with Crippen LogP contribution in [0.25, 0.3) is 0 Å². The van der Waals surface area contributed by atoms with E-state index in [0.29, 0.717) is 18.9 Å². The minimum absolute atomic E-state index is 0.0269. The highest BCUT2D eigenvalue weighted by atomic mass is 35.5. The molecule has 0 aromatic heterocycles. The van der Waals surface area contributed by atoms with Crippen LogP contribution in [0.15, 0.2) is 24.3 Å². The normalized spacial score (nSPS) is 10.2. The molecule has 1 amide bonds. The SMILES string of the molecule is COCCNC(=O)CSCc1ccccc1Cl. The molecule has 1 aromatic carbocycles. The summed E-state index contributed by atoms with van der Waals surface area (Å²) in [6, 6.07) is 7.67. The maximum absolute atomic E-state index is 11.4. The molecule has 0 aliphatic carbocycles. The lowest BCUT2D eigenvalue weighted by Gasteiger charge is -2.05. The number of rotatable bonds is 7. The van der Waals surface area contributed by atoms with Crippen LogP contribution in [-0.2, 0) is 15.3 Å².